The number of rotatable bonds is 12. The summed E-state index contributed by atoms with van der Waals surface area (Å²) in [6, 6.07) is 10.3. The normalized spacial score (nSPS) is 11.3. The Bertz CT molecular complexity index is 764. The lowest BCUT2D eigenvalue weighted by Crippen LogP contribution is -2.38. The molecule has 0 fully saturated rings. The van der Waals surface area contributed by atoms with E-state index in [1.807, 2.05) is 23.7 Å². The number of benzene rings is 1. The molecule has 1 aromatic carbocycles. The molecule has 0 spiro atoms. The fourth-order valence-corrected chi connectivity index (χ4v) is 2.95. The van der Waals surface area contributed by atoms with E-state index in [0.29, 0.717) is 32.9 Å². The van der Waals surface area contributed by atoms with Gasteiger partial charge in [-0.2, -0.15) is 5.10 Å². The van der Waals surface area contributed by atoms with Crippen LogP contribution in [0.3, 0.4) is 0 Å². The first kappa shape index (κ1) is 26.4. The number of aromatic nitrogens is 2. The summed E-state index contributed by atoms with van der Waals surface area (Å²) in [5.41, 5.74) is 4.36. The number of nitrogens with one attached hydrogen (secondary N) is 2. The molecule has 1 aromatic heterocycles. The van der Waals surface area contributed by atoms with Crippen molar-refractivity contribution in [2.24, 2.45) is 4.99 Å². The van der Waals surface area contributed by atoms with Gasteiger partial charge in [-0.05, 0) is 38.0 Å². The van der Waals surface area contributed by atoms with Crippen LogP contribution >= 0.6 is 24.0 Å². The minimum atomic E-state index is 0. The third kappa shape index (κ3) is 9.01. The van der Waals surface area contributed by atoms with E-state index < -0.39 is 0 Å². The molecule has 0 aliphatic carbocycles. The van der Waals surface area contributed by atoms with Crippen molar-refractivity contribution in [1.29, 1.82) is 0 Å². The molecular formula is C22H36IN5O2. The van der Waals surface area contributed by atoms with E-state index in [2.05, 4.69) is 52.8 Å². The Morgan fingerprint density at radius 3 is 2.47 bits per heavy atom. The Morgan fingerprint density at radius 2 is 1.80 bits per heavy atom. The molecule has 0 radical (unpaired) electrons. The Hall–Kier alpha value is -1.65. The van der Waals surface area contributed by atoms with E-state index in [0.717, 1.165) is 48.0 Å². The minimum Gasteiger partial charge on any atom is -0.379 e. The molecule has 7 nitrogen and oxygen atoms in total. The Morgan fingerprint density at radius 1 is 1.07 bits per heavy atom. The molecule has 0 aliphatic heterocycles. The molecule has 8 heteroatoms. The molecule has 0 bridgehead atoms. The SMILES string of the molecule is CCCCOCCOCCNC(=NC)NCc1ccccc1-n1nc(C)cc1C.I. The van der Waals surface area contributed by atoms with Crippen LogP contribution in [0.15, 0.2) is 35.3 Å². The van der Waals surface area contributed by atoms with Crippen molar-refractivity contribution >= 4 is 29.9 Å². The Labute approximate surface area is 197 Å². The zero-order chi connectivity index (χ0) is 20.9. The van der Waals surface area contributed by atoms with Gasteiger partial charge in [-0.1, -0.05) is 31.5 Å². The van der Waals surface area contributed by atoms with E-state index in [1.54, 1.807) is 7.05 Å². The second kappa shape index (κ2) is 15.2. The van der Waals surface area contributed by atoms with Crippen LogP contribution in [-0.4, -0.2) is 55.8 Å². The van der Waals surface area contributed by atoms with Gasteiger partial charge >= 0.3 is 0 Å². The topological polar surface area (TPSA) is 72.7 Å². The van der Waals surface area contributed by atoms with Crippen molar-refractivity contribution in [3.05, 3.63) is 47.3 Å². The fraction of sp³-hybridized carbons (Fsp3) is 0.545. The van der Waals surface area contributed by atoms with Crippen LogP contribution in [0.2, 0.25) is 0 Å². The third-order valence-electron chi connectivity index (χ3n) is 4.45. The molecule has 2 rings (SSSR count). The molecule has 2 N–H and O–H groups in total. The van der Waals surface area contributed by atoms with Crippen LogP contribution < -0.4 is 10.6 Å². The summed E-state index contributed by atoms with van der Waals surface area (Å²) in [7, 11) is 1.77. The van der Waals surface area contributed by atoms with Crippen molar-refractivity contribution < 1.29 is 9.47 Å². The molecule has 0 aliphatic rings. The lowest BCUT2D eigenvalue weighted by molar-refractivity contribution is 0.0487. The molecule has 1 heterocycles. The number of ether oxygens (including phenoxy) is 2. The summed E-state index contributed by atoms with van der Waals surface area (Å²) >= 11 is 0. The van der Waals surface area contributed by atoms with Gasteiger partial charge in [-0.3, -0.25) is 4.99 Å². The highest BCUT2D eigenvalue weighted by Crippen LogP contribution is 2.16. The second-order valence-corrected chi connectivity index (χ2v) is 6.90. The van der Waals surface area contributed by atoms with Gasteiger partial charge in [0.25, 0.3) is 0 Å². The van der Waals surface area contributed by atoms with Crippen molar-refractivity contribution in [1.82, 2.24) is 20.4 Å². The largest absolute Gasteiger partial charge is 0.379 e. The Balaban J connectivity index is 0.00000450. The van der Waals surface area contributed by atoms with E-state index in [-0.39, 0.29) is 24.0 Å². The molecule has 0 unspecified atom stereocenters. The highest BCUT2D eigenvalue weighted by Gasteiger charge is 2.09. The minimum absolute atomic E-state index is 0. The van der Waals surface area contributed by atoms with Crippen molar-refractivity contribution in [3.8, 4) is 5.69 Å². The molecule has 0 saturated carbocycles. The van der Waals surface area contributed by atoms with Gasteiger partial charge in [0.05, 0.1) is 31.2 Å². The zero-order valence-corrected chi connectivity index (χ0v) is 20.9. The summed E-state index contributed by atoms with van der Waals surface area (Å²) in [5, 5.41) is 11.2. The maximum atomic E-state index is 5.58. The zero-order valence-electron chi connectivity index (χ0n) is 18.6. The Kier molecular flexibility index (Phi) is 13.4. The molecule has 0 saturated heterocycles. The van der Waals surface area contributed by atoms with Gasteiger partial charge < -0.3 is 20.1 Å². The van der Waals surface area contributed by atoms with E-state index in [9.17, 15) is 0 Å². The predicted molar refractivity (Wildman–Crippen MR) is 133 cm³/mol. The van der Waals surface area contributed by atoms with Crippen molar-refractivity contribution in [3.63, 3.8) is 0 Å². The lowest BCUT2D eigenvalue weighted by atomic mass is 10.1. The van der Waals surface area contributed by atoms with Gasteiger partial charge in [0, 0.05) is 32.4 Å². The molecule has 168 valence electrons. The number of halogens is 1. The number of hydrogen-bond acceptors (Lipinski definition) is 4. The van der Waals surface area contributed by atoms with Crippen LogP contribution in [-0.2, 0) is 16.0 Å². The maximum Gasteiger partial charge on any atom is 0.191 e. The first-order valence-electron chi connectivity index (χ1n) is 10.4. The van der Waals surface area contributed by atoms with Crippen LogP contribution in [0.1, 0.15) is 36.7 Å². The monoisotopic (exact) mass is 529 g/mol. The van der Waals surface area contributed by atoms with E-state index in [4.69, 9.17) is 9.47 Å². The molecule has 0 atom stereocenters. The summed E-state index contributed by atoms with van der Waals surface area (Å²) < 4.78 is 13.0. The number of nitrogens with zero attached hydrogens (tertiary/aromatic N) is 3. The number of hydrogen-bond donors (Lipinski definition) is 2. The summed E-state index contributed by atoms with van der Waals surface area (Å²) in [5.74, 6) is 0.746. The number of para-hydroxylation sites is 1. The van der Waals surface area contributed by atoms with Crippen molar-refractivity contribution in [2.45, 2.75) is 40.2 Å². The summed E-state index contributed by atoms with van der Waals surface area (Å²) in [4.78, 5) is 4.29. The smallest absolute Gasteiger partial charge is 0.191 e. The van der Waals surface area contributed by atoms with E-state index in [1.165, 1.54) is 0 Å². The van der Waals surface area contributed by atoms with Gasteiger partial charge in [0.15, 0.2) is 5.96 Å². The second-order valence-electron chi connectivity index (χ2n) is 6.90. The van der Waals surface area contributed by atoms with Crippen LogP contribution in [0, 0.1) is 13.8 Å². The van der Waals surface area contributed by atoms with Gasteiger partial charge in [-0.15, -0.1) is 24.0 Å². The summed E-state index contributed by atoms with van der Waals surface area (Å²) in [6.45, 7) is 10.3. The number of guanidine groups is 1. The molecule has 0 amide bonds. The average Bonchev–Trinajstić information content (AvgIpc) is 3.07. The van der Waals surface area contributed by atoms with Gasteiger partial charge in [0.2, 0.25) is 0 Å². The number of unbranched alkanes of at least 4 members (excludes halogenated alkanes) is 1. The van der Waals surface area contributed by atoms with Crippen LogP contribution in [0.5, 0.6) is 0 Å². The maximum absolute atomic E-state index is 5.58. The van der Waals surface area contributed by atoms with Crippen LogP contribution in [0.4, 0.5) is 0 Å². The first-order chi connectivity index (χ1) is 14.2. The van der Waals surface area contributed by atoms with Crippen LogP contribution in [0.25, 0.3) is 5.69 Å². The number of aliphatic imine (C=N–C) groups is 1. The van der Waals surface area contributed by atoms with Gasteiger partial charge in [0.1, 0.15) is 0 Å². The standard InChI is InChI=1S/C22H35N5O2.HI/c1-5-6-12-28-14-15-29-13-11-24-22(23-4)25-17-20-9-7-8-10-21(20)27-19(3)16-18(2)26-27;/h7-10,16H,5-6,11-15,17H2,1-4H3,(H2,23,24,25);1H. The molecule has 2 aromatic rings. The number of aryl methyl sites for hydroxylation is 2. The van der Waals surface area contributed by atoms with Crippen molar-refractivity contribution in [2.75, 3.05) is 40.0 Å². The fourth-order valence-electron chi connectivity index (χ4n) is 2.95. The first-order valence-corrected chi connectivity index (χ1v) is 10.4. The molecular weight excluding hydrogens is 493 g/mol. The highest BCUT2D eigenvalue weighted by atomic mass is 127. The third-order valence-corrected chi connectivity index (χ3v) is 4.45. The lowest BCUT2D eigenvalue weighted by Gasteiger charge is -2.15. The van der Waals surface area contributed by atoms with Gasteiger partial charge in [-0.25, -0.2) is 4.68 Å². The average molecular weight is 529 g/mol. The highest BCUT2D eigenvalue weighted by molar-refractivity contribution is 14.0. The van der Waals surface area contributed by atoms with E-state index >= 15 is 0 Å². The summed E-state index contributed by atoms with van der Waals surface area (Å²) in [6.07, 6.45) is 2.26. The molecule has 30 heavy (non-hydrogen) atoms. The quantitative estimate of drug-likeness (QED) is 0.190. The predicted octanol–water partition coefficient (Wildman–Crippen LogP) is 3.61.